The molecule has 1 saturated heterocycles. The van der Waals surface area contributed by atoms with E-state index >= 15 is 0 Å². The van der Waals surface area contributed by atoms with E-state index in [1.54, 1.807) is 11.8 Å². The highest BCUT2D eigenvalue weighted by Crippen LogP contribution is 2.34. The number of furan rings is 1. The Morgan fingerprint density at radius 2 is 1.96 bits per heavy atom. The fourth-order valence-electron chi connectivity index (χ4n) is 4.44. The highest BCUT2D eigenvalue weighted by atomic mass is 16.3. The molecule has 1 atom stereocenters. The third-order valence-corrected chi connectivity index (χ3v) is 5.98. The van der Waals surface area contributed by atoms with Gasteiger partial charge in [0.15, 0.2) is 0 Å². The Hall–Kier alpha value is -2.56. The number of hydrogen-bond acceptors (Lipinski definition) is 3. The number of likely N-dealkylation sites (tertiary alicyclic amines) is 1. The van der Waals surface area contributed by atoms with E-state index in [2.05, 4.69) is 6.92 Å². The van der Waals surface area contributed by atoms with Gasteiger partial charge in [0.05, 0.1) is 6.04 Å². The van der Waals surface area contributed by atoms with Crippen molar-refractivity contribution in [2.24, 2.45) is 0 Å². The van der Waals surface area contributed by atoms with Crippen molar-refractivity contribution in [2.75, 3.05) is 18.0 Å². The second-order valence-electron chi connectivity index (χ2n) is 7.79. The molecule has 1 unspecified atom stereocenters. The van der Waals surface area contributed by atoms with Crippen molar-refractivity contribution in [3.8, 4) is 0 Å². The number of carbonyl (C=O) groups excluding carboxylic acids is 2. The maximum Gasteiger partial charge on any atom is 0.254 e. The van der Waals surface area contributed by atoms with Crippen LogP contribution in [0.2, 0.25) is 0 Å². The van der Waals surface area contributed by atoms with Gasteiger partial charge in [-0.1, -0.05) is 19.8 Å². The first-order valence-corrected chi connectivity index (χ1v) is 10.4. The third-order valence-electron chi connectivity index (χ3n) is 5.98. The van der Waals surface area contributed by atoms with E-state index in [0.717, 1.165) is 67.8 Å². The molecular formula is C23H28N2O3. The van der Waals surface area contributed by atoms with Gasteiger partial charge in [0, 0.05) is 37.7 Å². The summed E-state index contributed by atoms with van der Waals surface area (Å²) in [7, 11) is 0. The molecule has 4 rings (SSSR count). The Bertz CT molecular complexity index is 886. The number of rotatable bonds is 3. The summed E-state index contributed by atoms with van der Waals surface area (Å²) >= 11 is 0. The molecule has 0 aliphatic carbocycles. The first-order chi connectivity index (χ1) is 13.6. The van der Waals surface area contributed by atoms with Crippen LogP contribution >= 0.6 is 0 Å². The first kappa shape index (κ1) is 18.8. The van der Waals surface area contributed by atoms with Crippen LogP contribution < -0.4 is 4.90 Å². The number of hydrogen-bond donors (Lipinski definition) is 0. The highest BCUT2D eigenvalue weighted by Gasteiger charge is 2.31. The van der Waals surface area contributed by atoms with Crippen molar-refractivity contribution >= 4 is 17.5 Å². The molecule has 1 fully saturated rings. The minimum Gasteiger partial charge on any atom is -0.464 e. The summed E-state index contributed by atoms with van der Waals surface area (Å²) < 4.78 is 6.02. The maximum absolute atomic E-state index is 13.4. The lowest BCUT2D eigenvalue weighted by Crippen LogP contribution is -2.34. The normalized spacial score (nSPS) is 19.4. The SMILES string of the molecule is CCc1ccc(C2CCCCCN2C(=O)c2ccc3c(c2)CCN3C(C)=O)o1. The lowest BCUT2D eigenvalue weighted by molar-refractivity contribution is -0.116. The van der Waals surface area contributed by atoms with Crippen LogP contribution in [0.15, 0.2) is 34.7 Å². The molecule has 2 aromatic rings. The summed E-state index contributed by atoms with van der Waals surface area (Å²) in [6, 6.07) is 9.81. The standard InChI is InChI=1S/C23H28N2O3/c1-3-19-9-11-22(28-19)21-7-5-4-6-13-25(21)23(27)18-8-10-20-17(15-18)12-14-24(20)16(2)26/h8-11,15,21H,3-7,12-14H2,1-2H3. The van der Waals surface area contributed by atoms with E-state index in [1.807, 2.05) is 35.2 Å². The number of fused-ring (bicyclic) bond motifs is 1. The molecule has 0 radical (unpaired) electrons. The van der Waals surface area contributed by atoms with E-state index in [4.69, 9.17) is 4.42 Å². The van der Waals surface area contributed by atoms with Crippen LogP contribution in [0.3, 0.4) is 0 Å². The number of anilines is 1. The van der Waals surface area contributed by atoms with Crippen LogP contribution in [-0.2, 0) is 17.6 Å². The van der Waals surface area contributed by atoms with Crippen molar-refractivity contribution in [1.82, 2.24) is 4.90 Å². The summed E-state index contributed by atoms with van der Waals surface area (Å²) in [6.45, 7) is 5.11. The minimum absolute atomic E-state index is 0.00253. The van der Waals surface area contributed by atoms with Crippen molar-refractivity contribution in [2.45, 2.75) is 58.4 Å². The van der Waals surface area contributed by atoms with E-state index in [-0.39, 0.29) is 17.9 Å². The van der Waals surface area contributed by atoms with Crippen molar-refractivity contribution in [3.63, 3.8) is 0 Å². The average Bonchev–Trinajstić information content (AvgIpc) is 3.27. The van der Waals surface area contributed by atoms with E-state index in [0.29, 0.717) is 12.1 Å². The fourth-order valence-corrected chi connectivity index (χ4v) is 4.44. The van der Waals surface area contributed by atoms with Gasteiger partial charge in [-0.15, -0.1) is 0 Å². The van der Waals surface area contributed by atoms with Crippen molar-refractivity contribution in [3.05, 3.63) is 53.0 Å². The Morgan fingerprint density at radius 1 is 1.11 bits per heavy atom. The lowest BCUT2D eigenvalue weighted by atomic mass is 10.0. The number of nitrogens with zero attached hydrogens (tertiary/aromatic N) is 2. The predicted octanol–water partition coefficient (Wildman–Crippen LogP) is 4.51. The fraction of sp³-hybridized carbons (Fsp3) is 0.478. The Kier molecular flexibility index (Phi) is 5.25. The molecule has 5 nitrogen and oxygen atoms in total. The van der Waals surface area contributed by atoms with E-state index in [1.165, 1.54) is 0 Å². The van der Waals surface area contributed by atoms with Crippen LogP contribution in [0, 0.1) is 0 Å². The molecule has 1 aromatic carbocycles. The monoisotopic (exact) mass is 380 g/mol. The highest BCUT2D eigenvalue weighted by molar-refractivity contribution is 5.98. The second-order valence-corrected chi connectivity index (χ2v) is 7.79. The lowest BCUT2D eigenvalue weighted by Gasteiger charge is -2.29. The van der Waals surface area contributed by atoms with E-state index in [9.17, 15) is 9.59 Å². The van der Waals surface area contributed by atoms with Crippen molar-refractivity contribution in [1.29, 1.82) is 0 Å². The van der Waals surface area contributed by atoms with Crippen LogP contribution in [0.25, 0.3) is 0 Å². The summed E-state index contributed by atoms with van der Waals surface area (Å²) in [4.78, 5) is 29.0. The zero-order chi connectivity index (χ0) is 19.7. The zero-order valence-electron chi connectivity index (χ0n) is 16.7. The molecule has 148 valence electrons. The van der Waals surface area contributed by atoms with Gasteiger partial charge in [0.1, 0.15) is 11.5 Å². The van der Waals surface area contributed by atoms with Gasteiger partial charge in [0.2, 0.25) is 5.91 Å². The summed E-state index contributed by atoms with van der Waals surface area (Å²) in [5.74, 6) is 1.98. The quantitative estimate of drug-likeness (QED) is 0.787. The summed E-state index contributed by atoms with van der Waals surface area (Å²) in [6.07, 6.45) is 5.86. The van der Waals surface area contributed by atoms with Crippen LogP contribution in [0.5, 0.6) is 0 Å². The van der Waals surface area contributed by atoms with Gasteiger partial charge in [0.25, 0.3) is 5.91 Å². The summed E-state index contributed by atoms with van der Waals surface area (Å²) in [5.41, 5.74) is 2.73. The van der Waals surface area contributed by atoms with Crippen LogP contribution in [0.4, 0.5) is 5.69 Å². The van der Waals surface area contributed by atoms with Crippen molar-refractivity contribution < 1.29 is 14.0 Å². The zero-order valence-corrected chi connectivity index (χ0v) is 16.7. The second kappa shape index (κ2) is 7.82. The van der Waals surface area contributed by atoms with Gasteiger partial charge < -0.3 is 14.2 Å². The number of benzene rings is 1. The number of carbonyl (C=O) groups is 2. The van der Waals surface area contributed by atoms with Gasteiger partial charge in [-0.2, -0.15) is 0 Å². The largest absolute Gasteiger partial charge is 0.464 e. The average molecular weight is 380 g/mol. The van der Waals surface area contributed by atoms with Gasteiger partial charge >= 0.3 is 0 Å². The third kappa shape index (κ3) is 3.46. The van der Waals surface area contributed by atoms with Crippen LogP contribution in [-0.4, -0.2) is 29.8 Å². The van der Waals surface area contributed by atoms with Gasteiger partial charge in [-0.05, 0) is 55.2 Å². The maximum atomic E-state index is 13.4. The number of aryl methyl sites for hydroxylation is 1. The molecule has 0 spiro atoms. The Morgan fingerprint density at radius 3 is 2.71 bits per heavy atom. The van der Waals surface area contributed by atoms with E-state index < -0.39 is 0 Å². The first-order valence-electron chi connectivity index (χ1n) is 10.4. The minimum atomic E-state index is -0.00253. The predicted molar refractivity (Wildman–Crippen MR) is 109 cm³/mol. The topological polar surface area (TPSA) is 53.8 Å². The smallest absolute Gasteiger partial charge is 0.254 e. The molecule has 5 heteroatoms. The van der Waals surface area contributed by atoms with Gasteiger partial charge in [-0.3, -0.25) is 9.59 Å². The Balaban J connectivity index is 1.62. The molecule has 2 aliphatic rings. The molecular weight excluding hydrogens is 352 g/mol. The molecule has 1 aromatic heterocycles. The Labute approximate surface area is 166 Å². The van der Waals surface area contributed by atoms with Gasteiger partial charge in [-0.25, -0.2) is 0 Å². The molecule has 3 heterocycles. The molecule has 0 N–H and O–H groups in total. The number of amides is 2. The summed E-state index contributed by atoms with van der Waals surface area (Å²) in [5, 5.41) is 0. The molecule has 0 bridgehead atoms. The van der Waals surface area contributed by atoms with Crippen LogP contribution in [0.1, 0.15) is 73.0 Å². The molecule has 2 amide bonds. The molecule has 2 aliphatic heterocycles. The molecule has 0 saturated carbocycles. The molecule has 28 heavy (non-hydrogen) atoms.